The summed E-state index contributed by atoms with van der Waals surface area (Å²) in [6.07, 6.45) is 0. The number of nitrogens with zero attached hydrogens (tertiary/aromatic N) is 2. The van der Waals surface area contributed by atoms with Crippen molar-refractivity contribution in [2.45, 2.75) is 36.6 Å². The molecular formula is C23H24N2O3S2. The summed E-state index contributed by atoms with van der Waals surface area (Å²) in [5, 5.41) is 0. The Labute approximate surface area is 178 Å². The second-order valence-corrected chi connectivity index (χ2v) is 11.6. The van der Waals surface area contributed by atoms with Gasteiger partial charge in [-0.3, -0.25) is 0 Å². The fraction of sp³-hybridized carbons (Fsp3) is 0.217. The summed E-state index contributed by atoms with van der Waals surface area (Å²) in [5.74, 6) is 0. The lowest BCUT2D eigenvalue weighted by Crippen LogP contribution is -2.15. The van der Waals surface area contributed by atoms with Gasteiger partial charge in [0.1, 0.15) is 0 Å². The van der Waals surface area contributed by atoms with Crippen molar-refractivity contribution in [1.29, 1.82) is 0 Å². The van der Waals surface area contributed by atoms with Crippen LogP contribution in [0, 0.1) is 20.8 Å². The molecule has 3 aromatic carbocycles. The number of sulfonamides is 1. The Balaban J connectivity index is 1.82. The molecule has 0 spiro atoms. The van der Waals surface area contributed by atoms with Crippen LogP contribution < -0.4 is 0 Å². The first-order valence-electron chi connectivity index (χ1n) is 9.69. The van der Waals surface area contributed by atoms with Crippen molar-refractivity contribution in [3.05, 3.63) is 95.1 Å². The zero-order valence-corrected chi connectivity index (χ0v) is 18.8. The molecule has 0 amide bonds. The molecular weight excluding hydrogens is 416 g/mol. The molecule has 4 rings (SSSR count). The Morgan fingerprint density at radius 2 is 1.13 bits per heavy atom. The maximum atomic E-state index is 14.1. The van der Waals surface area contributed by atoms with Crippen LogP contribution in [0.15, 0.2) is 86.4 Å². The summed E-state index contributed by atoms with van der Waals surface area (Å²) >= 11 is 0. The van der Waals surface area contributed by atoms with Crippen LogP contribution in [0.1, 0.15) is 28.3 Å². The molecule has 156 valence electrons. The van der Waals surface area contributed by atoms with Crippen LogP contribution in [0.4, 0.5) is 0 Å². The number of aryl methyl sites for hydroxylation is 3. The molecule has 7 heteroatoms. The molecule has 1 heterocycles. The summed E-state index contributed by atoms with van der Waals surface area (Å²) in [4.78, 5) is 0.445. The molecule has 5 nitrogen and oxygen atoms in total. The van der Waals surface area contributed by atoms with Crippen LogP contribution >= 0.6 is 0 Å². The van der Waals surface area contributed by atoms with Crippen LogP contribution in [-0.4, -0.2) is 23.5 Å². The van der Waals surface area contributed by atoms with E-state index in [4.69, 9.17) is 0 Å². The third-order valence-corrected chi connectivity index (χ3v) is 9.58. The molecule has 3 unspecified atom stereocenters. The monoisotopic (exact) mass is 440 g/mol. The van der Waals surface area contributed by atoms with Gasteiger partial charge in [-0.2, -0.15) is 8.42 Å². The fourth-order valence-corrected chi connectivity index (χ4v) is 7.43. The number of hydrogen-bond donors (Lipinski definition) is 0. The summed E-state index contributed by atoms with van der Waals surface area (Å²) in [5.41, 5.74) is 4.08. The van der Waals surface area contributed by atoms with Crippen LogP contribution in [0.25, 0.3) is 0 Å². The normalized spacial score (nSPS) is 20.4. The maximum absolute atomic E-state index is 14.1. The Bertz CT molecular complexity index is 1290. The molecule has 30 heavy (non-hydrogen) atoms. The summed E-state index contributed by atoms with van der Waals surface area (Å²) in [7, 11) is -7.45. The fourth-order valence-electron chi connectivity index (χ4n) is 3.28. The van der Waals surface area contributed by atoms with Crippen molar-refractivity contribution in [3.8, 4) is 0 Å². The van der Waals surface area contributed by atoms with E-state index in [1.54, 1.807) is 28.6 Å². The van der Waals surface area contributed by atoms with E-state index < -0.39 is 19.9 Å². The predicted octanol–water partition coefficient (Wildman–Crippen LogP) is 4.80. The van der Waals surface area contributed by atoms with Gasteiger partial charge in [0.25, 0.3) is 10.0 Å². The van der Waals surface area contributed by atoms with Crippen molar-refractivity contribution < 1.29 is 12.6 Å². The Morgan fingerprint density at radius 3 is 1.63 bits per heavy atom. The average Bonchev–Trinajstić information content (AvgIpc) is 3.50. The van der Waals surface area contributed by atoms with Gasteiger partial charge >= 0.3 is 0 Å². The van der Waals surface area contributed by atoms with E-state index in [0.717, 1.165) is 22.3 Å². The van der Waals surface area contributed by atoms with E-state index in [9.17, 15) is 12.6 Å². The summed E-state index contributed by atoms with van der Waals surface area (Å²) in [6, 6.07) is 21.3. The third-order valence-electron chi connectivity index (χ3n) is 5.19. The predicted molar refractivity (Wildman–Crippen MR) is 119 cm³/mol. The summed E-state index contributed by atoms with van der Waals surface area (Å²) in [6.45, 7) is 6.30. The van der Waals surface area contributed by atoms with Crippen molar-refractivity contribution >= 4 is 19.9 Å². The first-order chi connectivity index (χ1) is 14.2. The highest BCUT2D eigenvalue weighted by Crippen LogP contribution is 2.42. The Hall–Kier alpha value is -2.48. The molecule has 1 fully saturated rings. The SMILES string of the molecule is Cc1ccc(C2CN2S(=O)(=NS(=O)(=O)c2ccc(C)cc2)c2ccc(C)cc2)cc1. The van der Waals surface area contributed by atoms with E-state index in [2.05, 4.69) is 3.77 Å². The first kappa shape index (κ1) is 20.8. The maximum Gasteiger partial charge on any atom is 0.291 e. The molecule has 0 N–H and O–H groups in total. The second kappa shape index (κ2) is 7.65. The van der Waals surface area contributed by atoms with E-state index in [1.807, 2.05) is 57.2 Å². The van der Waals surface area contributed by atoms with Crippen LogP contribution in [0.2, 0.25) is 0 Å². The zero-order chi connectivity index (χ0) is 21.5. The minimum atomic E-state index is -4.10. The molecule has 1 aliphatic heterocycles. The van der Waals surface area contributed by atoms with Gasteiger partial charge in [0, 0.05) is 6.54 Å². The first-order valence-corrected chi connectivity index (χ1v) is 12.6. The average molecular weight is 441 g/mol. The highest BCUT2D eigenvalue weighted by molar-refractivity contribution is 8.02. The van der Waals surface area contributed by atoms with Crippen LogP contribution in [0.5, 0.6) is 0 Å². The quantitative estimate of drug-likeness (QED) is 0.535. The molecule has 0 aliphatic carbocycles. The topological polar surface area (TPSA) is 66.6 Å². The van der Waals surface area contributed by atoms with Crippen molar-refractivity contribution in [1.82, 2.24) is 4.31 Å². The Morgan fingerprint density at radius 1 is 0.700 bits per heavy atom. The van der Waals surface area contributed by atoms with Gasteiger partial charge in [0.05, 0.1) is 15.8 Å². The largest absolute Gasteiger partial charge is 0.291 e. The van der Waals surface area contributed by atoms with Gasteiger partial charge < -0.3 is 0 Å². The summed E-state index contributed by atoms with van der Waals surface area (Å²) < 4.78 is 45.9. The van der Waals surface area contributed by atoms with Gasteiger partial charge in [0.15, 0.2) is 9.92 Å². The van der Waals surface area contributed by atoms with Gasteiger partial charge in [0.2, 0.25) is 0 Å². The second-order valence-electron chi connectivity index (χ2n) is 7.70. The van der Waals surface area contributed by atoms with E-state index in [-0.39, 0.29) is 10.9 Å². The molecule has 0 aromatic heterocycles. The lowest BCUT2D eigenvalue weighted by Gasteiger charge is -2.13. The highest BCUT2D eigenvalue weighted by Gasteiger charge is 2.45. The highest BCUT2D eigenvalue weighted by atomic mass is 32.3. The van der Waals surface area contributed by atoms with Gasteiger partial charge in [-0.1, -0.05) is 69.0 Å². The molecule has 3 aromatic rings. The standard InChI is InChI=1S/C23H24N2O3S2/c1-17-4-10-20(11-5-17)23-16-25(23)29(26,21-12-6-18(2)7-13-21)24-30(27,28)22-14-8-19(3)9-15-22/h4-15,23H,16H2,1-3H3. The van der Waals surface area contributed by atoms with Crippen molar-refractivity contribution in [3.63, 3.8) is 0 Å². The molecule has 1 saturated heterocycles. The molecule has 0 bridgehead atoms. The van der Waals surface area contributed by atoms with E-state index in [1.165, 1.54) is 12.1 Å². The Kier molecular flexibility index (Phi) is 5.30. The third kappa shape index (κ3) is 4.05. The molecule has 1 aliphatic rings. The number of benzene rings is 3. The van der Waals surface area contributed by atoms with Crippen LogP contribution in [-0.2, 0) is 19.9 Å². The lowest BCUT2D eigenvalue weighted by molar-refractivity contribution is 0.596. The minimum absolute atomic E-state index is 0.0432. The van der Waals surface area contributed by atoms with E-state index in [0.29, 0.717) is 11.4 Å². The smallest absolute Gasteiger partial charge is 0.227 e. The molecule has 0 saturated carbocycles. The van der Waals surface area contributed by atoms with Crippen LogP contribution in [0.3, 0.4) is 0 Å². The van der Waals surface area contributed by atoms with Gasteiger partial charge in [-0.05, 0) is 50.6 Å². The molecule has 0 radical (unpaired) electrons. The number of hydrogen-bond acceptors (Lipinski definition) is 3. The minimum Gasteiger partial charge on any atom is -0.227 e. The molecule has 3 atom stereocenters. The zero-order valence-electron chi connectivity index (χ0n) is 17.1. The van der Waals surface area contributed by atoms with Gasteiger partial charge in [-0.25, -0.2) is 8.51 Å². The number of rotatable bonds is 5. The lowest BCUT2D eigenvalue weighted by atomic mass is 10.1. The van der Waals surface area contributed by atoms with Crippen molar-refractivity contribution in [2.75, 3.05) is 6.54 Å². The van der Waals surface area contributed by atoms with Crippen molar-refractivity contribution in [2.24, 2.45) is 3.77 Å². The van der Waals surface area contributed by atoms with E-state index >= 15 is 0 Å². The van der Waals surface area contributed by atoms with Gasteiger partial charge in [-0.15, -0.1) is 0 Å².